The number of likely N-dealkylation sites (tertiary alicyclic amines) is 1. The normalized spacial score (nSPS) is 21.6. The van der Waals surface area contributed by atoms with Gasteiger partial charge >= 0.3 is 0 Å². The van der Waals surface area contributed by atoms with Crippen molar-refractivity contribution in [3.05, 3.63) is 58.5 Å². The third kappa shape index (κ3) is 4.71. The SMILES string of the molecule is C[C@@H](c1ccc(-c2cc[nH]c(=O)c2)cc1)N1CC[C@@](C)(CC(C)(C)O)CC1=O. The summed E-state index contributed by atoms with van der Waals surface area (Å²) in [6.45, 7) is 8.46. The van der Waals surface area contributed by atoms with Crippen molar-refractivity contribution in [1.29, 1.82) is 0 Å². The summed E-state index contributed by atoms with van der Waals surface area (Å²) in [6.07, 6.45) is 3.62. The molecule has 1 amide bonds. The fourth-order valence-corrected chi connectivity index (χ4v) is 4.43. The molecule has 5 heteroatoms. The number of rotatable bonds is 5. The number of nitrogens with one attached hydrogen (secondary N) is 1. The number of aliphatic hydroxyl groups is 1. The molecule has 1 aromatic carbocycles. The van der Waals surface area contributed by atoms with E-state index in [0.717, 1.165) is 23.1 Å². The second kappa shape index (κ2) is 7.55. The molecule has 1 aliphatic rings. The zero-order valence-electron chi connectivity index (χ0n) is 17.2. The average Bonchev–Trinajstić information content (AvgIpc) is 2.59. The van der Waals surface area contributed by atoms with Gasteiger partial charge in [0.25, 0.3) is 0 Å². The van der Waals surface area contributed by atoms with Crippen LogP contribution >= 0.6 is 0 Å². The van der Waals surface area contributed by atoms with Crippen LogP contribution in [0.15, 0.2) is 47.4 Å². The molecule has 2 N–H and O–H groups in total. The summed E-state index contributed by atoms with van der Waals surface area (Å²) < 4.78 is 0. The lowest BCUT2D eigenvalue weighted by Crippen LogP contribution is -2.46. The van der Waals surface area contributed by atoms with E-state index in [1.165, 1.54) is 0 Å². The van der Waals surface area contributed by atoms with Gasteiger partial charge in [0, 0.05) is 25.2 Å². The first-order valence-corrected chi connectivity index (χ1v) is 9.87. The monoisotopic (exact) mass is 382 g/mol. The van der Waals surface area contributed by atoms with Crippen LogP contribution in [0.5, 0.6) is 0 Å². The summed E-state index contributed by atoms with van der Waals surface area (Å²) in [4.78, 5) is 28.9. The van der Waals surface area contributed by atoms with E-state index in [0.29, 0.717) is 19.4 Å². The zero-order valence-corrected chi connectivity index (χ0v) is 17.2. The van der Waals surface area contributed by atoms with E-state index in [1.807, 2.05) is 35.2 Å². The molecule has 28 heavy (non-hydrogen) atoms. The van der Waals surface area contributed by atoms with Crippen LogP contribution < -0.4 is 5.56 Å². The Labute approximate surface area is 166 Å². The summed E-state index contributed by atoms with van der Waals surface area (Å²) in [7, 11) is 0. The van der Waals surface area contributed by atoms with Crippen molar-refractivity contribution in [3.8, 4) is 11.1 Å². The number of pyridine rings is 1. The van der Waals surface area contributed by atoms with Crippen molar-refractivity contribution in [2.75, 3.05) is 6.54 Å². The van der Waals surface area contributed by atoms with Gasteiger partial charge in [0.05, 0.1) is 11.6 Å². The number of hydrogen-bond acceptors (Lipinski definition) is 3. The van der Waals surface area contributed by atoms with Crippen molar-refractivity contribution in [3.63, 3.8) is 0 Å². The van der Waals surface area contributed by atoms with Gasteiger partial charge in [-0.1, -0.05) is 31.2 Å². The highest BCUT2D eigenvalue weighted by molar-refractivity contribution is 5.78. The molecule has 0 unspecified atom stereocenters. The number of piperidine rings is 1. The van der Waals surface area contributed by atoms with E-state index in [-0.39, 0.29) is 22.9 Å². The first kappa shape index (κ1) is 20.3. The molecule has 0 bridgehead atoms. The second-order valence-electron chi connectivity index (χ2n) is 9.05. The first-order valence-electron chi connectivity index (χ1n) is 9.87. The maximum Gasteiger partial charge on any atom is 0.248 e. The number of aromatic amines is 1. The summed E-state index contributed by atoms with van der Waals surface area (Å²) >= 11 is 0. The molecular formula is C23H30N2O3. The van der Waals surface area contributed by atoms with Crippen LogP contribution in [0.4, 0.5) is 0 Å². The number of H-pyrrole nitrogens is 1. The van der Waals surface area contributed by atoms with Gasteiger partial charge in [0.1, 0.15) is 0 Å². The number of benzene rings is 1. The Balaban J connectivity index is 1.71. The van der Waals surface area contributed by atoms with E-state index >= 15 is 0 Å². The smallest absolute Gasteiger partial charge is 0.248 e. The molecule has 2 heterocycles. The molecule has 0 aliphatic carbocycles. The summed E-state index contributed by atoms with van der Waals surface area (Å²) in [5.74, 6) is 0.143. The van der Waals surface area contributed by atoms with Crippen molar-refractivity contribution in [1.82, 2.24) is 9.88 Å². The Morgan fingerprint density at radius 1 is 1.18 bits per heavy atom. The number of carbonyl (C=O) groups is 1. The van der Waals surface area contributed by atoms with Gasteiger partial charge < -0.3 is 15.0 Å². The van der Waals surface area contributed by atoms with Gasteiger partial charge in [0.2, 0.25) is 11.5 Å². The van der Waals surface area contributed by atoms with E-state index < -0.39 is 5.60 Å². The Hall–Kier alpha value is -2.40. The van der Waals surface area contributed by atoms with Crippen LogP contribution in [0.2, 0.25) is 0 Å². The quantitative estimate of drug-likeness (QED) is 0.824. The van der Waals surface area contributed by atoms with E-state index in [4.69, 9.17) is 0 Å². The number of amides is 1. The minimum absolute atomic E-state index is 0.00703. The van der Waals surface area contributed by atoms with Crippen LogP contribution in [-0.4, -0.2) is 33.0 Å². The molecule has 0 spiro atoms. The van der Waals surface area contributed by atoms with Gasteiger partial charge in [-0.3, -0.25) is 9.59 Å². The lowest BCUT2D eigenvalue weighted by molar-refractivity contribution is -0.141. The Kier molecular flexibility index (Phi) is 5.48. The number of hydrogen-bond donors (Lipinski definition) is 2. The van der Waals surface area contributed by atoms with Gasteiger partial charge in [-0.2, -0.15) is 0 Å². The molecule has 2 aromatic rings. The topological polar surface area (TPSA) is 73.4 Å². The highest BCUT2D eigenvalue weighted by Crippen LogP contribution is 2.41. The Morgan fingerprint density at radius 3 is 2.43 bits per heavy atom. The second-order valence-corrected chi connectivity index (χ2v) is 9.05. The molecule has 1 saturated heterocycles. The summed E-state index contributed by atoms with van der Waals surface area (Å²) in [6, 6.07) is 11.5. The molecule has 0 saturated carbocycles. The molecule has 2 atom stereocenters. The van der Waals surface area contributed by atoms with E-state index in [2.05, 4.69) is 18.8 Å². The average molecular weight is 383 g/mol. The van der Waals surface area contributed by atoms with Crippen molar-refractivity contribution < 1.29 is 9.90 Å². The predicted octanol–water partition coefficient (Wildman–Crippen LogP) is 3.89. The van der Waals surface area contributed by atoms with E-state index in [1.54, 1.807) is 26.1 Å². The largest absolute Gasteiger partial charge is 0.390 e. The molecule has 0 radical (unpaired) electrons. The third-order valence-electron chi connectivity index (χ3n) is 5.68. The third-order valence-corrected chi connectivity index (χ3v) is 5.68. The van der Waals surface area contributed by atoms with Crippen LogP contribution in [0, 0.1) is 5.41 Å². The lowest BCUT2D eigenvalue weighted by Gasteiger charge is -2.43. The first-order chi connectivity index (χ1) is 13.1. The summed E-state index contributed by atoms with van der Waals surface area (Å²) in [5, 5.41) is 10.2. The molecule has 1 aromatic heterocycles. The van der Waals surface area contributed by atoms with Crippen LogP contribution in [0.3, 0.4) is 0 Å². The Morgan fingerprint density at radius 2 is 1.86 bits per heavy atom. The van der Waals surface area contributed by atoms with Gasteiger partial charge in [-0.05, 0) is 61.8 Å². The van der Waals surface area contributed by atoms with Gasteiger partial charge in [-0.15, -0.1) is 0 Å². The predicted molar refractivity (Wildman–Crippen MR) is 111 cm³/mol. The molecule has 5 nitrogen and oxygen atoms in total. The molecule has 1 fully saturated rings. The van der Waals surface area contributed by atoms with Gasteiger partial charge in [-0.25, -0.2) is 0 Å². The van der Waals surface area contributed by atoms with Crippen molar-refractivity contribution in [2.24, 2.45) is 5.41 Å². The van der Waals surface area contributed by atoms with E-state index in [9.17, 15) is 14.7 Å². The summed E-state index contributed by atoms with van der Waals surface area (Å²) in [5.41, 5.74) is 1.88. The maximum atomic E-state index is 12.8. The fraction of sp³-hybridized carbons (Fsp3) is 0.478. The lowest BCUT2D eigenvalue weighted by atomic mass is 9.72. The minimum Gasteiger partial charge on any atom is -0.390 e. The number of carbonyl (C=O) groups excluding carboxylic acids is 1. The molecule has 3 rings (SSSR count). The Bertz CT molecular complexity index is 895. The maximum absolute atomic E-state index is 12.8. The molecule has 150 valence electrons. The fourth-order valence-electron chi connectivity index (χ4n) is 4.43. The number of nitrogens with zero attached hydrogens (tertiary/aromatic N) is 1. The standard InChI is InChI=1S/C23H30N2O3/c1-16(25-12-10-23(4,14-21(25)27)15-22(2,3)28)17-5-7-18(8-6-17)19-9-11-24-20(26)13-19/h5-9,11,13,16,28H,10,12,14-15H2,1-4H3,(H,24,26)/t16-,23+/m0/s1. The highest BCUT2D eigenvalue weighted by Gasteiger charge is 2.39. The van der Waals surface area contributed by atoms with Crippen LogP contribution in [0.25, 0.3) is 11.1 Å². The number of aromatic nitrogens is 1. The van der Waals surface area contributed by atoms with Crippen LogP contribution in [-0.2, 0) is 4.79 Å². The van der Waals surface area contributed by atoms with Gasteiger partial charge in [0.15, 0.2) is 0 Å². The van der Waals surface area contributed by atoms with Crippen LogP contribution in [0.1, 0.15) is 58.6 Å². The van der Waals surface area contributed by atoms with Crippen molar-refractivity contribution >= 4 is 5.91 Å². The van der Waals surface area contributed by atoms with Crippen molar-refractivity contribution in [2.45, 2.75) is 58.6 Å². The minimum atomic E-state index is -0.766. The molecular weight excluding hydrogens is 352 g/mol. The molecule has 1 aliphatic heterocycles. The highest BCUT2D eigenvalue weighted by atomic mass is 16.3. The zero-order chi connectivity index (χ0) is 20.5.